The Hall–Kier alpha value is -10.2. The van der Waals surface area contributed by atoms with Gasteiger partial charge in [-0.2, -0.15) is 18.2 Å². The van der Waals surface area contributed by atoms with E-state index < -0.39 is 216 Å². The number of ether oxygens (including phenoxy) is 1. The second-order valence-corrected chi connectivity index (χ2v) is 28.2. The fourth-order valence-corrected chi connectivity index (χ4v) is 15.7. The summed E-state index contributed by atoms with van der Waals surface area (Å²) in [6.07, 6.45) is 4.62. The van der Waals surface area contributed by atoms with Crippen LogP contribution in [0.3, 0.4) is 0 Å². The van der Waals surface area contributed by atoms with E-state index >= 15 is 0 Å². The first-order valence-corrected chi connectivity index (χ1v) is 32.2. The number of para-hydroxylation sites is 2. The van der Waals surface area contributed by atoms with Gasteiger partial charge in [0.25, 0.3) is 6.33 Å². The molecule has 0 unspecified atom stereocenters. The average Bonchev–Trinajstić information content (AvgIpc) is 1.10. The van der Waals surface area contributed by atoms with Crippen LogP contribution in [0.5, 0.6) is 11.5 Å². The zero-order valence-corrected chi connectivity index (χ0v) is 55.6. The first-order chi connectivity index (χ1) is 59.7. The van der Waals surface area contributed by atoms with Crippen molar-refractivity contribution in [3.63, 3.8) is 0 Å². The molecule has 3 heterocycles. The van der Waals surface area contributed by atoms with Crippen LogP contribution in [-0.2, 0) is 31.9 Å². The van der Waals surface area contributed by atoms with E-state index in [0.717, 1.165) is 17.3 Å². The number of aryl methyl sites for hydroxylation is 3. The summed E-state index contributed by atoms with van der Waals surface area (Å²) in [7, 11) is -6.46. The molecule has 0 saturated heterocycles. The molecule has 15 rings (SSSR count). The zero-order chi connectivity index (χ0) is 93.6. The standard InChI is InChI=1S/C89H74N4OSi.Pt/c1-60-28-24-29-61(2)86(60)65-46-49-82-84(54-65)91(69-33-26-34-70(56-69)94-71-47-48-79-78-42-22-23-45-81(78)93(83(79)57-71)85-50-62(3)80(58-90-85)63-30-14-10-15-31-63)59-92(82)87-76(43-27-44-77(87)66-51-67(88(4,5)6)55-68(52-66)89(7,8)9)64-32-25-41-75(53-64)95(72-35-16-11-17-36-72,73-37-18-12-19-38-73)74-39-20-13-21-40-74;/h10-55,58H,1-9H3;/q-2;/i1D3,2D3,3D3,10D,11D,12D,13D,14D,15D,16D,17D,18D,19D,20D,21D,25D,30D,31D,32D,35D,36D,37D,38D,39D,40D,41D,53D;. The number of benzene rings is 12. The Morgan fingerprint density at radius 2 is 1.06 bits per heavy atom. The normalized spacial score (nSPS) is 17.2. The van der Waals surface area contributed by atoms with Gasteiger partial charge in [0.1, 0.15) is 5.82 Å². The van der Waals surface area contributed by atoms with Gasteiger partial charge in [0.05, 0.1) is 49.6 Å². The van der Waals surface area contributed by atoms with E-state index in [1.165, 1.54) is 63.7 Å². The number of rotatable bonds is 13. The smallest absolute Gasteiger partial charge is 0.268 e. The molecule has 7 heteroatoms. The summed E-state index contributed by atoms with van der Waals surface area (Å²) in [6, 6.07) is 16.8. The fraction of sp³-hybridized carbons (Fsp3) is 0.124. The van der Waals surface area contributed by atoms with Gasteiger partial charge in [0.15, 0.2) is 8.07 Å². The molecule has 0 fully saturated rings. The minimum atomic E-state index is -6.46. The molecule has 0 amide bonds. The molecule has 0 radical (unpaired) electrons. The quantitative estimate of drug-likeness (QED) is 0.0499. The van der Waals surface area contributed by atoms with Gasteiger partial charge in [0, 0.05) is 62.2 Å². The van der Waals surface area contributed by atoms with Crippen molar-refractivity contribution in [3.8, 4) is 73.2 Å². The average molecular weight is 1470 g/mol. The first-order valence-electron chi connectivity index (χ1n) is 46.7. The van der Waals surface area contributed by atoms with Crippen molar-refractivity contribution >= 4 is 61.7 Å². The molecular weight excluding hydrogens is 1360 g/mol. The largest absolute Gasteiger partial charge is 0.510 e. The predicted octanol–water partition coefficient (Wildman–Crippen LogP) is 19.2. The second kappa shape index (κ2) is 25.5. The summed E-state index contributed by atoms with van der Waals surface area (Å²) < 4.78 is 318. The van der Waals surface area contributed by atoms with Crippen molar-refractivity contribution in [1.29, 1.82) is 0 Å². The maximum Gasteiger partial charge on any atom is 0.268 e. The van der Waals surface area contributed by atoms with Crippen LogP contribution in [0.2, 0.25) is 0 Å². The van der Waals surface area contributed by atoms with E-state index in [-0.39, 0.29) is 105 Å². The Balaban J connectivity index is 0.0000134. The van der Waals surface area contributed by atoms with E-state index in [1.54, 1.807) is 59.2 Å². The summed E-state index contributed by atoms with van der Waals surface area (Å²) >= 11 is 0. The first kappa shape index (κ1) is 35.5. The molecule has 12 aromatic carbocycles. The molecule has 0 bridgehead atoms. The van der Waals surface area contributed by atoms with Crippen molar-refractivity contribution in [2.75, 3.05) is 0 Å². The van der Waals surface area contributed by atoms with Crippen molar-refractivity contribution < 1.29 is 75.6 Å². The molecule has 0 N–H and O–H groups in total. The van der Waals surface area contributed by atoms with Gasteiger partial charge in [-0.1, -0.05) is 277 Å². The number of pyridine rings is 1. The molecule has 0 aliphatic heterocycles. The molecule has 0 saturated carbocycles. The number of hydrogen-bond acceptors (Lipinski definition) is 2. The zero-order valence-electron chi connectivity index (χ0n) is 85.3. The fourth-order valence-electron chi connectivity index (χ4n) is 12.1. The van der Waals surface area contributed by atoms with Crippen LogP contribution < -0.4 is 30.1 Å². The molecule has 5 nitrogen and oxygen atoms in total. The van der Waals surface area contributed by atoms with Crippen LogP contribution in [-0.4, -0.2) is 22.2 Å². The third kappa shape index (κ3) is 11.5. The minimum Gasteiger partial charge on any atom is -0.510 e. The Kier molecular flexibility index (Phi) is 9.42. The van der Waals surface area contributed by atoms with Crippen LogP contribution in [0.4, 0.5) is 0 Å². The molecule has 3 aromatic heterocycles. The molecular formula is C89H74N4OPtSi-2. The third-order valence-electron chi connectivity index (χ3n) is 16.8. The van der Waals surface area contributed by atoms with Gasteiger partial charge in [-0.05, 0) is 148 Å². The van der Waals surface area contributed by atoms with Crippen LogP contribution in [0.1, 0.15) is 115 Å². The molecule has 0 aliphatic carbocycles. The van der Waals surface area contributed by atoms with E-state index in [9.17, 15) is 21.9 Å². The SMILES string of the molecule is [2H]c1c([2H])c([2H])c(-c2cnc(-n3c4[c-]c(Oc5[c-]c(-n6[c-][n+](-c7c(-c8cc(C(C)(C)C)cc(C(C)(C)C)c8)cccc7-c7c([2H])c([2H])c([2H])c([Si](c8c([2H])c([2H])c([2H])c([2H])c8[2H])(c8c([2H])c([2H])c([2H])c([2H])c8[2H])c8c([2H])c([2H])c([2H])c([2H])c8[2H])c7[2H])c7ccc(-c8c(C([2H])([2H])[2H])cccc8C([2H])([2H])[2H])cc76)ccc5)ccc4c4ccccc43)cc2C([2H])([2H])[2H])c([2H])c1[2H].[Pt]. The summed E-state index contributed by atoms with van der Waals surface area (Å²) in [6.45, 7) is 3.07. The summed E-state index contributed by atoms with van der Waals surface area (Å²) in [5.41, 5.74) is -0.727. The van der Waals surface area contributed by atoms with Gasteiger partial charge < -0.3 is 13.9 Å². The number of nitrogens with zero attached hydrogens (tertiary/aromatic N) is 4. The molecule has 0 atom stereocenters. The Morgan fingerprint density at radius 3 is 1.71 bits per heavy atom. The van der Waals surface area contributed by atoms with E-state index in [1.807, 2.05) is 65.8 Å². The van der Waals surface area contributed by atoms with Crippen molar-refractivity contribution in [3.05, 3.63) is 331 Å². The van der Waals surface area contributed by atoms with Crippen molar-refractivity contribution in [2.45, 2.75) is 72.9 Å². The topological polar surface area (TPSA) is 35.9 Å². The van der Waals surface area contributed by atoms with E-state index in [2.05, 4.69) is 18.5 Å². The maximum atomic E-state index is 11.2. The second-order valence-electron chi connectivity index (χ2n) is 24.7. The molecule has 15 aromatic rings. The van der Waals surface area contributed by atoms with Crippen molar-refractivity contribution in [2.24, 2.45) is 0 Å². The van der Waals surface area contributed by atoms with E-state index in [0.29, 0.717) is 27.4 Å². The van der Waals surface area contributed by atoms with Crippen LogP contribution in [0.25, 0.3) is 94.5 Å². The predicted molar refractivity (Wildman–Crippen MR) is 397 cm³/mol. The van der Waals surface area contributed by atoms with Gasteiger partial charge in [-0.25, -0.2) is 4.98 Å². The molecule has 472 valence electrons. The van der Waals surface area contributed by atoms with Crippen LogP contribution in [0, 0.1) is 39.0 Å². The Labute approximate surface area is 626 Å². The van der Waals surface area contributed by atoms with E-state index in [4.69, 9.17) is 33.0 Å². The van der Waals surface area contributed by atoms with Gasteiger partial charge >= 0.3 is 0 Å². The third-order valence-corrected chi connectivity index (χ3v) is 20.8. The number of hydrogen-bond donors (Lipinski definition) is 0. The molecule has 0 spiro atoms. The van der Waals surface area contributed by atoms with Gasteiger partial charge in [0.2, 0.25) is 0 Å². The monoisotopic (exact) mass is 1470 g/mol. The number of imidazole rings is 1. The van der Waals surface area contributed by atoms with Crippen LogP contribution >= 0.6 is 0 Å². The summed E-state index contributed by atoms with van der Waals surface area (Å²) in [5, 5.41) is -3.00. The van der Waals surface area contributed by atoms with Crippen molar-refractivity contribution in [1.82, 2.24) is 14.1 Å². The Bertz CT molecular complexity index is 6940. The van der Waals surface area contributed by atoms with Crippen LogP contribution in [0.15, 0.2) is 285 Å². The molecule has 0 aliphatic rings. The van der Waals surface area contributed by atoms with Gasteiger partial charge in [-0.15, -0.1) is 29.7 Å². The number of aromatic nitrogens is 4. The maximum absolute atomic E-state index is 11.2. The Morgan fingerprint density at radius 1 is 0.479 bits per heavy atom. The minimum absolute atomic E-state index is 0. The molecule has 96 heavy (non-hydrogen) atoms. The summed E-state index contributed by atoms with van der Waals surface area (Å²) in [5.74, 6) is 0.0322. The summed E-state index contributed by atoms with van der Waals surface area (Å²) in [4.78, 5) is 4.70. The van der Waals surface area contributed by atoms with Gasteiger partial charge in [-0.3, -0.25) is 4.57 Å². The number of fused-ring (bicyclic) bond motifs is 4.